The van der Waals surface area contributed by atoms with Crippen molar-refractivity contribution >= 4 is 14.8 Å². The quantitative estimate of drug-likeness (QED) is 0.397. The minimum Gasteiger partial charge on any atom is -0.511 e. The average Bonchev–Trinajstić information content (AvgIpc) is 2.22. The minimum atomic E-state index is -1.71. The van der Waals surface area contributed by atoms with Crippen molar-refractivity contribution in [3.8, 4) is 0 Å². The Labute approximate surface area is 102 Å². The molecule has 3 heteroatoms. The Bertz CT molecular complexity index is 169. The molecule has 0 aliphatic rings. The van der Waals surface area contributed by atoms with E-state index in [1.807, 2.05) is 0 Å². The predicted octanol–water partition coefficient (Wildman–Crippen LogP) is 4.42. The Morgan fingerprint density at radius 2 is 1.44 bits per heavy atom. The van der Waals surface area contributed by atoms with E-state index in [-0.39, 0.29) is 0 Å². The fraction of sp³-hybridized carbons (Fsp3) is 0.923. The van der Waals surface area contributed by atoms with E-state index in [9.17, 15) is 4.79 Å². The Balaban J connectivity index is 3.23. The zero-order chi connectivity index (χ0) is 12.3. The topological polar surface area (TPSA) is 26.3 Å². The number of hydrogen-bond donors (Lipinski definition) is 0. The lowest BCUT2D eigenvalue weighted by molar-refractivity contribution is 0.435. The molecule has 0 aliphatic heterocycles. The zero-order valence-electron chi connectivity index (χ0n) is 11.2. The molecule has 0 spiro atoms. The molecular formula is C13H27O2Si. The minimum absolute atomic E-state index is 1.08. The Morgan fingerprint density at radius 1 is 0.938 bits per heavy atom. The van der Waals surface area contributed by atoms with Gasteiger partial charge in [-0.05, 0) is 19.1 Å². The van der Waals surface area contributed by atoms with Gasteiger partial charge in [0.25, 0.3) is 0 Å². The lowest BCUT2D eigenvalue weighted by Crippen LogP contribution is -2.29. The SMILES string of the molecule is CCCCCCCCCC[Si](C)(C)O[C]=O. The van der Waals surface area contributed by atoms with Crippen LogP contribution in [0.4, 0.5) is 0 Å². The molecule has 0 saturated carbocycles. The lowest BCUT2D eigenvalue weighted by atomic mass is 10.1. The van der Waals surface area contributed by atoms with Gasteiger partial charge < -0.3 is 4.43 Å². The smallest absolute Gasteiger partial charge is 0.402 e. The van der Waals surface area contributed by atoms with Crippen molar-refractivity contribution < 1.29 is 9.22 Å². The molecule has 16 heavy (non-hydrogen) atoms. The van der Waals surface area contributed by atoms with Crippen LogP contribution in [0.15, 0.2) is 0 Å². The first kappa shape index (κ1) is 15.7. The van der Waals surface area contributed by atoms with Gasteiger partial charge in [-0.2, -0.15) is 0 Å². The van der Waals surface area contributed by atoms with Gasteiger partial charge in [0, 0.05) is 0 Å². The van der Waals surface area contributed by atoms with Gasteiger partial charge in [-0.1, -0.05) is 58.3 Å². The van der Waals surface area contributed by atoms with Crippen molar-refractivity contribution in [1.29, 1.82) is 0 Å². The van der Waals surface area contributed by atoms with Crippen molar-refractivity contribution in [2.75, 3.05) is 0 Å². The monoisotopic (exact) mass is 243 g/mol. The highest BCUT2D eigenvalue weighted by Gasteiger charge is 2.22. The summed E-state index contributed by atoms with van der Waals surface area (Å²) in [4.78, 5) is 10.1. The van der Waals surface area contributed by atoms with Crippen molar-refractivity contribution in [2.45, 2.75) is 77.4 Å². The van der Waals surface area contributed by atoms with Crippen LogP contribution in [0.3, 0.4) is 0 Å². The van der Waals surface area contributed by atoms with Gasteiger partial charge in [-0.15, -0.1) is 0 Å². The molecule has 0 aromatic heterocycles. The highest BCUT2D eigenvalue weighted by atomic mass is 28.4. The molecule has 0 aliphatic carbocycles. The number of unbranched alkanes of at least 4 members (excludes halogenated alkanes) is 7. The summed E-state index contributed by atoms with van der Waals surface area (Å²) >= 11 is 0. The summed E-state index contributed by atoms with van der Waals surface area (Å²) in [6, 6.07) is 1.08. The summed E-state index contributed by atoms with van der Waals surface area (Å²) in [5, 5.41) is 0. The molecule has 0 bridgehead atoms. The molecule has 0 amide bonds. The van der Waals surface area contributed by atoms with Gasteiger partial charge in [0.2, 0.25) is 8.32 Å². The summed E-state index contributed by atoms with van der Waals surface area (Å²) in [5.41, 5.74) is 0. The second-order valence-corrected chi connectivity index (χ2v) is 9.39. The molecular weight excluding hydrogens is 216 g/mol. The van der Waals surface area contributed by atoms with Gasteiger partial charge in [0.05, 0.1) is 0 Å². The van der Waals surface area contributed by atoms with E-state index >= 15 is 0 Å². The van der Waals surface area contributed by atoms with Gasteiger partial charge in [0.1, 0.15) is 0 Å². The van der Waals surface area contributed by atoms with E-state index in [1.165, 1.54) is 51.4 Å². The van der Waals surface area contributed by atoms with Gasteiger partial charge >= 0.3 is 6.47 Å². The van der Waals surface area contributed by atoms with Gasteiger partial charge in [-0.25, -0.2) is 4.79 Å². The first-order valence-corrected chi connectivity index (χ1v) is 9.79. The van der Waals surface area contributed by atoms with Crippen molar-refractivity contribution in [2.24, 2.45) is 0 Å². The van der Waals surface area contributed by atoms with Crippen LogP contribution in [0.1, 0.15) is 58.3 Å². The number of carbonyl (C=O) groups excluding carboxylic acids is 1. The van der Waals surface area contributed by atoms with Crippen LogP contribution >= 0.6 is 0 Å². The second-order valence-electron chi connectivity index (χ2n) is 5.17. The highest BCUT2D eigenvalue weighted by molar-refractivity contribution is 6.72. The molecule has 0 atom stereocenters. The van der Waals surface area contributed by atoms with Crippen LogP contribution in [0.5, 0.6) is 0 Å². The maximum atomic E-state index is 10.1. The molecule has 0 fully saturated rings. The normalized spacial score (nSPS) is 11.4. The molecule has 0 aromatic carbocycles. The predicted molar refractivity (Wildman–Crippen MR) is 71.7 cm³/mol. The summed E-state index contributed by atoms with van der Waals surface area (Å²) in [5.74, 6) is 0. The van der Waals surface area contributed by atoms with Crippen LogP contribution in [0.2, 0.25) is 19.1 Å². The first-order valence-electron chi connectivity index (χ1n) is 6.67. The molecule has 0 rings (SSSR count). The first-order chi connectivity index (χ1) is 7.62. The van der Waals surface area contributed by atoms with Crippen LogP contribution in [-0.2, 0) is 9.22 Å². The van der Waals surface area contributed by atoms with Crippen molar-refractivity contribution in [3.63, 3.8) is 0 Å². The Kier molecular flexibility index (Phi) is 9.69. The molecule has 0 aromatic rings. The maximum absolute atomic E-state index is 10.1. The largest absolute Gasteiger partial charge is 0.511 e. The van der Waals surface area contributed by atoms with Crippen molar-refractivity contribution in [3.05, 3.63) is 0 Å². The molecule has 0 unspecified atom stereocenters. The summed E-state index contributed by atoms with van der Waals surface area (Å²) in [6.45, 7) is 8.01. The second kappa shape index (κ2) is 9.88. The zero-order valence-corrected chi connectivity index (χ0v) is 12.2. The molecule has 95 valence electrons. The number of rotatable bonds is 11. The summed E-state index contributed by atoms with van der Waals surface area (Å²) < 4.78 is 5.02. The van der Waals surface area contributed by atoms with E-state index in [2.05, 4.69) is 20.0 Å². The standard InChI is InChI=1S/C13H27O2Si/c1-4-5-6-7-8-9-10-11-12-16(2,3)15-13-14/h4-12H2,1-3H3. The van der Waals surface area contributed by atoms with Gasteiger partial charge in [-0.3, -0.25) is 0 Å². The summed E-state index contributed by atoms with van der Waals surface area (Å²) in [6.07, 6.45) is 10.6. The van der Waals surface area contributed by atoms with E-state index in [0.717, 1.165) is 6.04 Å². The van der Waals surface area contributed by atoms with Crippen molar-refractivity contribution in [1.82, 2.24) is 0 Å². The van der Waals surface area contributed by atoms with E-state index in [1.54, 1.807) is 6.47 Å². The van der Waals surface area contributed by atoms with Crippen LogP contribution in [0.25, 0.3) is 0 Å². The fourth-order valence-corrected chi connectivity index (χ4v) is 3.28. The average molecular weight is 243 g/mol. The third-order valence-corrected chi connectivity index (χ3v) is 5.14. The fourth-order valence-electron chi connectivity index (χ4n) is 1.85. The third-order valence-electron chi connectivity index (χ3n) is 2.95. The highest BCUT2D eigenvalue weighted by Crippen LogP contribution is 2.16. The third kappa shape index (κ3) is 10.2. The van der Waals surface area contributed by atoms with Crippen LogP contribution in [0, 0.1) is 0 Å². The Morgan fingerprint density at radius 3 is 1.94 bits per heavy atom. The van der Waals surface area contributed by atoms with E-state index in [0.29, 0.717) is 0 Å². The molecule has 2 nitrogen and oxygen atoms in total. The maximum Gasteiger partial charge on any atom is 0.402 e. The lowest BCUT2D eigenvalue weighted by Gasteiger charge is -2.18. The molecule has 0 heterocycles. The summed E-state index contributed by atoms with van der Waals surface area (Å²) in [7, 11) is -1.71. The van der Waals surface area contributed by atoms with E-state index < -0.39 is 8.32 Å². The molecule has 1 radical (unpaired) electrons. The van der Waals surface area contributed by atoms with Gasteiger partial charge in [0.15, 0.2) is 0 Å². The molecule has 0 N–H and O–H groups in total. The van der Waals surface area contributed by atoms with Crippen LogP contribution in [-0.4, -0.2) is 14.8 Å². The number of hydrogen-bond acceptors (Lipinski definition) is 2. The Hall–Kier alpha value is -0.313. The molecule has 0 saturated heterocycles. The van der Waals surface area contributed by atoms with Crippen LogP contribution < -0.4 is 0 Å². The van der Waals surface area contributed by atoms with E-state index in [4.69, 9.17) is 4.43 Å².